The molecule has 0 unspecified atom stereocenters. The Labute approximate surface area is 320 Å². The molecule has 290 valence electrons. The predicted octanol–water partition coefficient (Wildman–Crippen LogP) is 4.72. The fourth-order valence-corrected chi connectivity index (χ4v) is 6.87. The van der Waals surface area contributed by atoms with Crippen LogP contribution >= 0.6 is 0 Å². The van der Waals surface area contributed by atoms with E-state index < -0.39 is 65.8 Å². The van der Waals surface area contributed by atoms with Crippen molar-refractivity contribution < 1.29 is 28.7 Å². The zero-order valence-electron chi connectivity index (χ0n) is 32.6. The van der Waals surface area contributed by atoms with Gasteiger partial charge in [-0.25, -0.2) is 0 Å². The fourth-order valence-electron chi connectivity index (χ4n) is 6.87. The van der Waals surface area contributed by atoms with Crippen molar-refractivity contribution in [3.63, 3.8) is 0 Å². The molecule has 0 spiro atoms. The Morgan fingerprint density at radius 1 is 0.574 bits per heavy atom. The summed E-state index contributed by atoms with van der Waals surface area (Å²) in [4.78, 5) is 73.2. The number of amides is 5. The van der Waals surface area contributed by atoms with Gasteiger partial charge in [0.25, 0.3) is 0 Å². The normalized spacial score (nSPS) is 22.6. The molecule has 0 aromatic heterocycles. The third kappa shape index (κ3) is 11.7. The van der Waals surface area contributed by atoms with Gasteiger partial charge < -0.3 is 30.9 Å². The van der Waals surface area contributed by atoms with Crippen LogP contribution < -0.4 is 21.3 Å². The van der Waals surface area contributed by atoms with Crippen LogP contribution in [0.1, 0.15) is 77.2 Å². The van der Waals surface area contributed by atoms with Crippen LogP contribution in [0.25, 0.3) is 0 Å². The number of nitrogens with zero attached hydrogens (tertiary/aromatic N) is 1. The van der Waals surface area contributed by atoms with Gasteiger partial charge in [-0.3, -0.25) is 24.0 Å². The molecule has 0 bridgehead atoms. The second-order valence-electron chi connectivity index (χ2n) is 15.4. The summed E-state index contributed by atoms with van der Waals surface area (Å²) in [6, 6.07) is 22.4. The molecule has 5 amide bonds. The number of ether oxygens (including phenoxy) is 1. The highest BCUT2D eigenvalue weighted by Crippen LogP contribution is 2.25. The molecule has 0 saturated carbocycles. The molecule has 4 N–H and O–H groups in total. The van der Waals surface area contributed by atoms with Gasteiger partial charge in [0.2, 0.25) is 29.5 Å². The maximum atomic E-state index is 14.7. The second-order valence-corrected chi connectivity index (χ2v) is 15.4. The van der Waals surface area contributed by atoms with E-state index in [1.165, 1.54) is 4.90 Å². The summed E-state index contributed by atoms with van der Waals surface area (Å²) >= 11 is 0. The van der Waals surface area contributed by atoms with E-state index in [1.807, 2.05) is 133 Å². The molecule has 1 aliphatic rings. The minimum absolute atomic E-state index is 0.0123. The second kappa shape index (κ2) is 19.9. The first-order valence-corrected chi connectivity index (χ1v) is 19.0. The highest BCUT2D eigenvalue weighted by atomic mass is 16.5. The molecule has 1 heterocycles. The van der Waals surface area contributed by atoms with E-state index in [-0.39, 0.29) is 37.2 Å². The quantitative estimate of drug-likeness (QED) is 0.212. The van der Waals surface area contributed by atoms with Crippen molar-refractivity contribution in [2.45, 2.75) is 104 Å². The number of carbonyl (C=O) groups is 5. The number of hydrogen-bond donors (Lipinski definition) is 4. The average molecular weight is 740 g/mol. The Morgan fingerprint density at radius 3 is 1.61 bits per heavy atom. The Kier molecular flexibility index (Phi) is 15.4. The third-order valence-electron chi connectivity index (χ3n) is 9.53. The van der Waals surface area contributed by atoms with Gasteiger partial charge in [-0.1, -0.05) is 133 Å². The molecule has 1 aliphatic heterocycles. The largest absolute Gasteiger partial charge is 0.366 e. The van der Waals surface area contributed by atoms with Gasteiger partial charge >= 0.3 is 0 Å². The van der Waals surface area contributed by atoms with Crippen LogP contribution in [-0.4, -0.2) is 71.7 Å². The van der Waals surface area contributed by atoms with Gasteiger partial charge in [-0.05, 0) is 47.3 Å². The predicted molar refractivity (Wildman–Crippen MR) is 209 cm³/mol. The van der Waals surface area contributed by atoms with E-state index in [2.05, 4.69) is 21.3 Å². The summed E-state index contributed by atoms with van der Waals surface area (Å²) in [5, 5.41) is 11.7. The monoisotopic (exact) mass is 739 g/mol. The minimum Gasteiger partial charge on any atom is -0.366 e. The average Bonchev–Trinajstić information content (AvgIpc) is 3.13. The van der Waals surface area contributed by atoms with E-state index in [4.69, 9.17) is 4.74 Å². The Morgan fingerprint density at radius 2 is 1.06 bits per heavy atom. The molecule has 1 fully saturated rings. The van der Waals surface area contributed by atoms with Crippen molar-refractivity contribution in [1.82, 2.24) is 26.2 Å². The van der Waals surface area contributed by atoms with Crippen molar-refractivity contribution in [3.8, 4) is 0 Å². The molecule has 11 heteroatoms. The fraction of sp³-hybridized carbons (Fsp3) is 0.465. The van der Waals surface area contributed by atoms with Gasteiger partial charge in [0.15, 0.2) is 0 Å². The topological polar surface area (TPSA) is 146 Å². The first kappa shape index (κ1) is 41.7. The molecule has 3 aromatic rings. The van der Waals surface area contributed by atoms with E-state index in [0.29, 0.717) is 12.0 Å². The lowest BCUT2D eigenvalue weighted by atomic mass is 9.96. The number of carbonyl (C=O) groups excluding carboxylic acids is 5. The lowest BCUT2D eigenvalue weighted by Gasteiger charge is -2.35. The SMILES string of the molecule is CC(C)C[C@@H]1NC(=O)[C@H](C(C)C)N(C)C(=O)[C@H](CC(C)C)NC(=O)[C@H](Cc2ccccc2)NC(=O)[C@H]([C@@H](OCc2ccccc2)c2ccccc2)NC1=O. The highest BCUT2D eigenvalue weighted by molar-refractivity contribution is 5.98. The maximum absolute atomic E-state index is 14.7. The van der Waals surface area contributed by atoms with Crippen molar-refractivity contribution in [2.24, 2.45) is 17.8 Å². The number of rotatable bonds is 12. The van der Waals surface area contributed by atoms with Crippen molar-refractivity contribution in [1.29, 1.82) is 0 Å². The first-order chi connectivity index (χ1) is 25.7. The van der Waals surface area contributed by atoms with Crippen molar-refractivity contribution >= 4 is 29.5 Å². The summed E-state index contributed by atoms with van der Waals surface area (Å²) in [5.41, 5.74) is 2.27. The van der Waals surface area contributed by atoms with E-state index in [1.54, 1.807) is 7.05 Å². The molecule has 11 nitrogen and oxygen atoms in total. The number of benzene rings is 3. The van der Waals surface area contributed by atoms with Crippen LogP contribution in [0.4, 0.5) is 0 Å². The highest BCUT2D eigenvalue weighted by Gasteiger charge is 2.40. The molecule has 4 rings (SSSR count). The van der Waals surface area contributed by atoms with E-state index in [0.717, 1.165) is 11.1 Å². The van der Waals surface area contributed by atoms with Gasteiger partial charge in [-0.2, -0.15) is 0 Å². The van der Waals surface area contributed by atoms with Crippen LogP contribution in [0, 0.1) is 17.8 Å². The van der Waals surface area contributed by atoms with Gasteiger partial charge in [0.1, 0.15) is 36.3 Å². The number of nitrogens with one attached hydrogen (secondary N) is 4. The standard InChI is InChI=1S/C43H57N5O6/c1-27(2)23-33-40(50)47-36(38(32-21-15-10-16-22-32)54-26-31-19-13-9-14-20-31)41(51)44-34(25-30-17-11-8-12-18-30)39(49)46-35(24-28(3)4)43(53)48(7)37(29(5)6)42(52)45-33/h8-22,27-29,33-38H,23-26H2,1-7H3,(H,44,51)(H,45,52)(H,46,49)(H,47,50)/t33-,34-,35-,36-,37-,38-/m0/s1. The summed E-state index contributed by atoms with van der Waals surface area (Å²) in [6.07, 6.45) is -0.313. The molecule has 1 saturated heterocycles. The van der Waals surface area contributed by atoms with Crippen molar-refractivity contribution in [3.05, 3.63) is 108 Å². The summed E-state index contributed by atoms with van der Waals surface area (Å²) in [5.74, 6) is -3.09. The molecular formula is C43H57N5O6. The lowest BCUT2D eigenvalue weighted by Crippen LogP contribution is -2.60. The molecular weight excluding hydrogens is 683 g/mol. The molecule has 0 radical (unpaired) electrons. The Hall–Kier alpha value is -5.03. The smallest absolute Gasteiger partial charge is 0.246 e. The van der Waals surface area contributed by atoms with Crippen molar-refractivity contribution in [2.75, 3.05) is 7.05 Å². The van der Waals surface area contributed by atoms with Crippen LogP contribution in [-0.2, 0) is 41.7 Å². The molecule has 54 heavy (non-hydrogen) atoms. The van der Waals surface area contributed by atoms with E-state index in [9.17, 15) is 24.0 Å². The zero-order valence-corrected chi connectivity index (χ0v) is 32.6. The summed E-state index contributed by atoms with van der Waals surface area (Å²) in [6.45, 7) is 11.6. The van der Waals surface area contributed by atoms with Gasteiger partial charge in [-0.15, -0.1) is 0 Å². The van der Waals surface area contributed by atoms with Crippen LogP contribution in [0.5, 0.6) is 0 Å². The summed E-state index contributed by atoms with van der Waals surface area (Å²) in [7, 11) is 1.55. The summed E-state index contributed by atoms with van der Waals surface area (Å²) < 4.78 is 6.50. The number of likely N-dealkylation sites (N-methyl/N-ethyl adjacent to an activating group) is 1. The van der Waals surface area contributed by atoms with Gasteiger partial charge in [0.05, 0.1) is 6.61 Å². The Balaban J connectivity index is 1.87. The molecule has 3 aromatic carbocycles. The minimum atomic E-state index is -1.33. The van der Waals surface area contributed by atoms with Gasteiger partial charge in [0, 0.05) is 13.5 Å². The third-order valence-corrected chi connectivity index (χ3v) is 9.53. The molecule has 0 aliphatic carbocycles. The lowest BCUT2D eigenvalue weighted by molar-refractivity contribution is -0.144. The van der Waals surface area contributed by atoms with Crippen LogP contribution in [0.15, 0.2) is 91.0 Å². The first-order valence-electron chi connectivity index (χ1n) is 19.0. The van der Waals surface area contributed by atoms with E-state index >= 15 is 0 Å². The molecule has 6 atom stereocenters. The number of hydrogen-bond acceptors (Lipinski definition) is 6. The zero-order chi connectivity index (χ0) is 39.4. The Bertz CT molecular complexity index is 1680. The van der Waals surface area contributed by atoms with Crippen LogP contribution in [0.2, 0.25) is 0 Å². The van der Waals surface area contributed by atoms with Crippen LogP contribution in [0.3, 0.4) is 0 Å². The maximum Gasteiger partial charge on any atom is 0.246 e.